The Kier molecular flexibility index (Phi) is 3.72. The number of nitriles is 2. The van der Waals surface area contributed by atoms with E-state index in [1.54, 1.807) is 30.2 Å². The summed E-state index contributed by atoms with van der Waals surface area (Å²) < 4.78 is 16.6. The predicted octanol–water partition coefficient (Wildman–Crippen LogP) is 1.09. The molecule has 138 valence electrons. The van der Waals surface area contributed by atoms with Gasteiger partial charge < -0.3 is 16.8 Å². The molecule has 28 heavy (non-hydrogen) atoms. The average molecular weight is 376 g/mol. The van der Waals surface area contributed by atoms with Crippen LogP contribution in [0.2, 0.25) is 0 Å². The number of fused-ring (bicyclic) bond motifs is 2. The smallest absolute Gasteiger partial charge is 0.211 e. The monoisotopic (exact) mass is 376 g/mol. The number of halogens is 1. The molecule has 1 aromatic carbocycles. The summed E-state index contributed by atoms with van der Waals surface area (Å²) in [6.45, 7) is 0. The second-order valence-electron chi connectivity index (χ2n) is 6.10. The molecule has 2 aromatic heterocycles. The maximum absolute atomic E-state index is 15.0. The number of rotatable bonds is 1. The molecule has 3 heterocycles. The molecule has 1 atom stereocenters. The van der Waals surface area contributed by atoms with Crippen molar-refractivity contribution in [1.82, 2.24) is 20.1 Å². The highest BCUT2D eigenvalue weighted by Gasteiger charge is 2.31. The Morgan fingerprint density at radius 3 is 2.82 bits per heavy atom. The predicted molar refractivity (Wildman–Crippen MR) is 100 cm³/mol. The van der Waals surface area contributed by atoms with Gasteiger partial charge in [0.15, 0.2) is 6.19 Å². The molecule has 11 heteroatoms. The maximum Gasteiger partial charge on any atom is 0.211 e. The molecule has 4 rings (SSSR count). The number of nitrogens with two attached hydrogens (primary N) is 2. The van der Waals surface area contributed by atoms with Gasteiger partial charge in [-0.15, -0.1) is 0 Å². The Labute approximate surface area is 157 Å². The van der Waals surface area contributed by atoms with Gasteiger partial charge in [0.1, 0.15) is 35.1 Å². The van der Waals surface area contributed by atoms with E-state index in [2.05, 4.69) is 25.7 Å². The number of guanidine groups is 1. The molecule has 3 aromatic rings. The number of pyridine rings is 1. The van der Waals surface area contributed by atoms with E-state index in [9.17, 15) is 9.65 Å². The van der Waals surface area contributed by atoms with Crippen molar-refractivity contribution in [3.05, 3.63) is 40.8 Å². The number of nitrogen functional groups attached to an aromatic ring is 2. The molecule has 10 nitrogen and oxygen atoms in total. The first kappa shape index (κ1) is 17.1. The number of hydrogen-bond acceptors (Lipinski definition) is 9. The van der Waals surface area contributed by atoms with E-state index in [-0.39, 0.29) is 34.4 Å². The van der Waals surface area contributed by atoms with Gasteiger partial charge in [-0.1, -0.05) is 0 Å². The SMILES string of the molecule is Cn1ncc2cc(F)c(C3N=C(NC#N)Nc4nc(N)c(C#N)c(N)c43)cc21. The topological polar surface area (TPSA) is 167 Å². The van der Waals surface area contributed by atoms with Gasteiger partial charge in [0.25, 0.3) is 0 Å². The van der Waals surface area contributed by atoms with Crippen molar-refractivity contribution in [3.8, 4) is 12.3 Å². The molecular weight excluding hydrogens is 363 g/mol. The van der Waals surface area contributed by atoms with Crippen LogP contribution in [-0.2, 0) is 7.05 Å². The summed E-state index contributed by atoms with van der Waals surface area (Å²) in [7, 11) is 1.73. The summed E-state index contributed by atoms with van der Waals surface area (Å²) in [6, 6.07) is 3.90. The first-order chi connectivity index (χ1) is 13.4. The summed E-state index contributed by atoms with van der Waals surface area (Å²) in [5.74, 6) is -0.365. The summed E-state index contributed by atoms with van der Waals surface area (Å²) in [5.41, 5.74) is 13.2. The van der Waals surface area contributed by atoms with Crippen molar-refractivity contribution >= 4 is 34.2 Å². The zero-order valence-electron chi connectivity index (χ0n) is 14.5. The van der Waals surface area contributed by atoms with Gasteiger partial charge in [-0.3, -0.25) is 10.00 Å². The number of nitrogens with one attached hydrogen (secondary N) is 2. The van der Waals surface area contributed by atoms with E-state index in [0.29, 0.717) is 16.5 Å². The fourth-order valence-electron chi connectivity index (χ4n) is 3.20. The Morgan fingerprint density at radius 2 is 2.11 bits per heavy atom. The number of aromatic nitrogens is 3. The van der Waals surface area contributed by atoms with E-state index < -0.39 is 11.9 Å². The van der Waals surface area contributed by atoms with Crippen LogP contribution in [0.4, 0.5) is 21.7 Å². The molecule has 0 saturated carbocycles. The zero-order valence-corrected chi connectivity index (χ0v) is 14.5. The highest BCUT2D eigenvalue weighted by molar-refractivity contribution is 5.98. The van der Waals surface area contributed by atoms with E-state index in [0.717, 1.165) is 0 Å². The largest absolute Gasteiger partial charge is 0.397 e. The molecule has 0 radical (unpaired) electrons. The van der Waals surface area contributed by atoms with Crippen molar-refractivity contribution in [1.29, 1.82) is 10.5 Å². The molecule has 0 bridgehead atoms. The first-order valence-electron chi connectivity index (χ1n) is 8.04. The lowest BCUT2D eigenvalue weighted by Gasteiger charge is -2.26. The third kappa shape index (κ3) is 2.42. The van der Waals surface area contributed by atoms with Crippen LogP contribution in [0, 0.1) is 28.6 Å². The number of aryl methyl sites for hydroxylation is 1. The van der Waals surface area contributed by atoms with Gasteiger partial charge in [-0.2, -0.15) is 15.6 Å². The molecule has 0 fully saturated rings. The van der Waals surface area contributed by atoms with Crippen LogP contribution in [0.25, 0.3) is 10.9 Å². The van der Waals surface area contributed by atoms with Gasteiger partial charge in [0.05, 0.1) is 17.4 Å². The molecule has 0 spiro atoms. The van der Waals surface area contributed by atoms with Gasteiger partial charge >= 0.3 is 0 Å². The molecule has 6 N–H and O–H groups in total. The third-order valence-corrected chi connectivity index (χ3v) is 4.52. The lowest BCUT2D eigenvalue weighted by molar-refractivity contribution is 0.601. The summed E-state index contributed by atoms with van der Waals surface area (Å²) in [5, 5.41) is 28.2. The fourth-order valence-corrected chi connectivity index (χ4v) is 3.20. The van der Waals surface area contributed by atoms with Crippen LogP contribution in [0.3, 0.4) is 0 Å². The highest BCUT2D eigenvalue weighted by atomic mass is 19.1. The van der Waals surface area contributed by atoms with E-state index in [1.807, 2.05) is 6.07 Å². The minimum absolute atomic E-state index is 0.0144. The first-order valence-corrected chi connectivity index (χ1v) is 8.04. The van der Waals surface area contributed by atoms with Crippen LogP contribution in [0.5, 0.6) is 0 Å². The second-order valence-corrected chi connectivity index (χ2v) is 6.10. The van der Waals surface area contributed by atoms with Gasteiger partial charge in [-0.05, 0) is 12.1 Å². The molecule has 0 amide bonds. The molecule has 0 aliphatic carbocycles. The van der Waals surface area contributed by atoms with Crippen LogP contribution in [0.15, 0.2) is 23.3 Å². The summed E-state index contributed by atoms with van der Waals surface area (Å²) in [6.07, 6.45) is 3.30. The van der Waals surface area contributed by atoms with Gasteiger partial charge in [0.2, 0.25) is 5.96 Å². The Bertz CT molecular complexity index is 1240. The number of nitrogens with zero attached hydrogens (tertiary/aromatic N) is 6. The molecule has 0 saturated heterocycles. The standard InChI is InChI=1S/C17H13FN10/c1-28-11-3-8(10(18)2-7(11)5-24-28)14-12-13(21)9(4-19)15(22)26-16(12)27-17(25-14)23-6-20/h2-3,5,14H,1H3,(H6,21,22,23,25,26,27). The molecule has 1 unspecified atom stereocenters. The third-order valence-electron chi connectivity index (χ3n) is 4.52. The minimum Gasteiger partial charge on any atom is -0.397 e. The quantitative estimate of drug-likeness (QED) is 0.361. The number of hydrogen-bond donors (Lipinski definition) is 4. The number of benzene rings is 1. The van der Waals surface area contributed by atoms with Crippen LogP contribution < -0.4 is 22.1 Å². The Morgan fingerprint density at radius 1 is 1.32 bits per heavy atom. The Balaban J connectivity index is 2.01. The summed E-state index contributed by atoms with van der Waals surface area (Å²) in [4.78, 5) is 8.51. The normalized spacial score (nSPS) is 15.1. The van der Waals surface area contributed by atoms with Crippen LogP contribution in [0.1, 0.15) is 22.7 Å². The summed E-state index contributed by atoms with van der Waals surface area (Å²) >= 11 is 0. The van der Waals surface area contributed by atoms with Gasteiger partial charge in [-0.25, -0.2) is 14.4 Å². The maximum atomic E-state index is 15.0. The van der Waals surface area contributed by atoms with E-state index >= 15 is 0 Å². The van der Waals surface area contributed by atoms with Crippen molar-refractivity contribution < 1.29 is 4.39 Å². The van der Waals surface area contributed by atoms with Crippen molar-refractivity contribution in [3.63, 3.8) is 0 Å². The lowest BCUT2D eigenvalue weighted by atomic mass is 9.94. The lowest BCUT2D eigenvalue weighted by Crippen LogP contribution is -2.33. The highest BCUT2D eigenvalue weighted by Crippen LogP contribution is 2.41. The molecule has 1 aliphatic rings. The number of aliphatic imine (C=N–C) groups is 1. The van der Waals surface area contributed by atoms with Gasteiger partial charge in [0, 0.05) is 23.6 Å². The van der Waals surface area contributed by atoms with E-state index in [1.165, 1.54) is 6.07 Å². The van der Waals surface area contributed by atoms with Crippen molar-refractivity contribution in [2.24, 2.45) is 12.0 Å². The minimum atomic E-state index is -0.952. The van der Waals surface area contributed by atoms with Crippen molar-refractivity contribution in [2.75, 3.05) is 16.8 Å². The second kappa shape index (κ2) is 6.10. The molecule has 1 aliphatic heterocycles. The van der Waals surface area contributed by atoms with Crippen molar-refractivity contribution in [2.45, 2.75) is 6.04 Å². The zero-order chi connectivity index (χ0) is 20.0. The fraction of sp³-hybridized carbons (Fsp3) is 0.118. The van der Waals surface area contributed by atoms with Crippen LogP contribution in [-0.4, -0.2) is 20.7 Å². The van der Waals surface area contributed by atoms with E-state index in [4.69, 9.17) is 16.7 Å². The van der Waals surface area contributed by atoms with Crippen LogP contribution >= 0.6 is 0 Å². The molecular formula is C17H13FN10. The number of anilines is 3. The Hall–Kier alpha value is -4.38. The average Bonchev–Trinajstić information content (AvgIpc) is 3.00.